The summed E-state index contributed by atoms with van der Waals surface area (Å²) in [5.74, 6) is 0. The molecule has 1 heteroatoms. The molecule has 1 radical (unpaired) electrons. The molecule has 1 saturated carbocycles. The fourth-order valence-corrected chi connectivity index (χ4v) is 3.17. The van der Waals surface area contributed by atoms with Crippen molar-refractivity contribution in [3.8, 4) is 0 Å². The van der Waals surface area contributed by atoms with E-state index in [9.17, 15) is 0 Å². The zero-order valence-electron chi connectivity index (χ0n) is 11.6. The SMILES string of the molecule is [S]C1CCCCCCCCCCCCCCC1. The van der Waals surface area contributed by atoms with Crippen molar-refractivity contribution in [3.05, 3.63) is 0 Å². The van der Waals surface area contributed by atoms with Crippen LogP contribution in [0.1, 0.15) is 96.3 Å². The van der Waals surface area contributed by atoms with Gasteiger partial charge in [-0.15, -0.1) is 0 Å². The lowest BCUT2D eigenvalue weighted by Gasteiger charge is -2.10. The van der Waals surface area contributed by atoms with Crippen LogP contribution in [0.2, 0.25) is 0 Å². The minimum atomic E-state index is 0.572. The lowest BCUT2D eigenvalue weighted by molar-refractivity contribution is 0.509. The first kappa shape index (κ1) is 15.4. The Morgan fingerprint density at radius 2 is 0.647 bits per heavy atom. The molecular formula is C16H31S. The van der Waals surface area contributed by atoms with E-state index in [1.165, 1.54) is 96.3 Å². The zero-order chi connectivity index (χ0) is 12.2. The van der Waals surface area contributed by atoms with Gasteiger partial charge >= 0.3 is 0 Å². The largest absolute Gasteiger partial charge is 0.0904 e. The second kappa shape index (κ2) is 11.4. The van der Waals surface area contributed by atoms with Crippen LogP contribution >= 0.6 is 12.6 Å². The Hall–Kier alpha value is 0.350. The van der Waals surface area contributed by atoms with E-state index in [1.807, 2.05) is 0 Å². The Balaban J connectivity index is 2.09. The van der Waals surface area contributed by atoms with Crippen molar-refractivity contribution in [1.82, 2.24) is 0 Å². The third-order valence-corrected chi connectivity index (χ3v) is 4.52. The van der Waals surface area contributed by atoms with E-state index in [1.54, 1.807) is 0 Å². The molecule has 0 atom stereocenters. The van der Waals surface area contributed by atoms with Gasteiger partial charge in [-0.25, -0.2) is 0 Å². The molecule has 0 amide bonds. The van der Waals surface area contributed by atoms with Gasteiger partial charge < -0.3 is 0 Å². The maximum absolute atomic E-state index is 5.53. The fraction of sp³-hybridized carbons (Fsp3) is 1.00. The Kier molecular flexibility index (Phi) is 10.4. The molecule has 0 nitrogen and oxygen atoms in total. The van der Waals surface area contributed by atoms with Crippen LogP contribution in [0.5, 0.6) is 0 Å². The maximum Gasteiger partial charge on any atom is 0.0151 e. The third kappa shape index (κ3) is 10.00. The maximum atomic E-state index is 5.53. The monoisotopic (exact) mass is 255 g/mol. The molecule has 101 valence electrons. The smallest absolute Gasteiger partial charge is 0.0151 e. The molecule has 1 aliphatic carbocycles. The molecule has 0 saturated heterocycles. The van der Waals surface area contributed by atoms with Crippen LogP contribution < -0.4 is 0 Å². The number of hydrogen-bond donors (Lipinski definition) is 0. The standard InChI is InChI=1S/C16H31S/c17-16-14-12-10-8-6-4-2-1-3-5-7-9-11-13-15-16/h16H,1-15H2. The molecular weight excluding hydrogens is 224 g/mol. The van der Waals surface area contributed by atoms with Crippen molar-refractivity contribution in [2.24, 2.45) is 0 Å². The van der Waals surface area contributed by atoms with Gasteiger partial charge in [-0.05, 0) is 12.8 Å². The summed E-state index contributed by atoms with van der Waals surface area (Å²) in [6.07, 6.45) is 21.4. The van der Waals surface area contributed by atoms with Gasteiger partial charge in [0.15, 0.2) is 0 Å². The molecule has 0 bridgehead atoms. The van der Waals surface area contributed by atoms with Crippen LogP contribution in [-0.2, 0) is 0 Å². The summed E-state index contributed by atoms with van der Waals surface area (Å²) in [4.78, 5) is 0. The second-order valence-corrected chi connectivity index (χ2v) is 6.46. The first-order valence-electron chi connectivity index (χ1n) is 8.05. The van der Waals surface area contributed by atoms with Gasteiger partial charge in [0.2, 0.25) is 0 Å². The van der Waals surface area contributed by atoms with Gasteiger partial charge in [-0.3, -0.25) is 0 Å². The average Bonchev–Trinajstić information content (AvgIpc) is 2.32. The molecule has 0 aromatic carbocycles. The first-order chi connectivity index (χ1) is 8.39. The molecule has 0 aromatic rings. The summed E-state index contributed by atoms with van der Waals surface area (Å²) in [6, 6.07) is 0. The van der Waals surface area contributed by atoms with Gasteiger partial charge in [-0.2, -0.15) is 0 Å². The number of rotatable bonds is 0. The molecule has 0 heterocycles. The van der Waals surface area contributed by atoms with Crippen LogP contribution in [0.4, 0.5) is 0 Å². The quantitative estimate of drug-likeness (QED) is 0.468. The Morgan fingerprint density at radius 3 is 0.941 bits per heavy atom. The van der Waals surface area contributed by atoms with Crippen LogP contribution in [0.3, 0.4) is 0 Å². The van der Waals surface area contributed by atoms with E-state index in [0.29, 0.717) is 5.25 Å². The third-order valence-electron chi connectivity index (χ3n) is 4.05. The summed E-state index contributed by atoms with van der Waals surface area (Å²) >= 11 is 5.53. The highest BCUT2D eigenvalue weighted by atomic mass is 32.1. The van der Waals surface area contributed by atoms with Crippen molar-refractivity contribution in [3.63, 3.8) is 0 Å². The Bertz CT molecular complexity index is 140. The molecule has 0 spiro atoms. The van der Waals surface area contributed by atoms with Crippen molar-refractivity contribution < 1.29 is 0 Å². The van der Waals surface area contributed by atoms with E-state index in [0.717, 1.165) is 0 Å². The second-order valence-electron chi connectivity index (χ2n) is 5.80. The van der Waals surface area contributed by atoms with Gasteiger partial charge in [0, 0.05) is 5.25 Å². The minimum absolute atomic E-state index is 0.572. The topological polar surface area (TPSA) is 0 Å². The zero-order valence-corrected chi connectivity index (χ0v) is 12.4. The lowest BCUT2D eigenvalue weighted by atomic mass is 10.0. The van der Waals surface area contributed by atoms with Crippen LogP contribution in [-0.4, -0.2) is 5.25 Å². The highest BCUT2D eigenvalue weighted by Gasteiger charge is 2.04. The first-order valence-corrected chi connectivity index (χ1v) is 8.52. The summed E-state index contributed by atoms with van der Waals surface area (Å²) in [6.45, 7) is 0. The summed E-state index contributed by atoms with van der Waals surface area (Å²) in [7, 11) is 0. The van der Waals surface area contributed by atoms with E-state index in [4.69, 9.17) is 12.6 Å². The molecule has 0 aliphatic heterocycles. The van der Waals surface area contributed by atoms with Gasteiger partial charge in [0.05, 0.1) is 0 Å². The van der Waals surface area contributed by atoms with Crippen molar-refractivity contribution in [2.75, 3.05) is 0 Å². The molecule has 0 N–H and O–H groups in total. The molecule has 1 rings (SSSR count). The molecule has 1 aliphatic rings. The fourth-order valence-electron chi connectivity index (χ4n) is 2.83. The average molecular weight is 255 g/mol. The normalized spacial score (nSPS) is 24.5. The van der Waals surface area contributed by atoms with Crippen molar-refractivity contribution in [2.45, 2.75) is 102 Å². The summed E-state index contributed by atoms with van der Waals surface area (Å²) < 4.78 is 0. The van der Waals surface area contributed by atoms with Gasteiger partial charge in [0.1, 0.15) is 0 Å². The predicted molar refractivity (Wildman–Crippen MR) is 80.6 cm³/mol. The predicted octanol–water partition coefficient (Wildman–Crippen LogP) is 6.42. The van der Waals surface area contributed by atoms with E-state index < -0.39 is 0 Å². The summed E-state index contributed by atoms with van der Waals surface area (Å²) in [5.41, 5.74) is 0. The minimum Gasteiger partial charge on any atom is -0.0904 e. The van der Waals surface area contributed by atoms with Gasteiger partial charge in [-0.1, -0.05) is 96.1 Å². The molecule has 17 heavy (non-hydrogen) atoms. The summed E-state index contributed by atoms with van der Waals surface area (Å²) in [5, 5.41) is 0.572. The number of hydrogen-bond acceptors (Lipinski definition) is 0. The molecule has 0 unspecified atom stereocenters. The van der Waals surface area contributed by atoms with Crippen LogP contribution in [0.15, 0.2) is 0 Å². The van der Waals surface area contributed by atoms with Gasteiger partial charge in [0.25, 0.3) is 0 Å². The van der Waals surface area contributed by atoms with Crippen molar-refractivity contribution >= 4 is 12.6 Å². The molecule has 0 aromatic heterocycles. The Morgan fingerprint density at radius 1 is 0.412 bits per heavy atom. The van der Waals surface area contributed by atoms with E-state index >= 15 is 0 Å². The van der Waals surface area contributed by atoms with Crippen molar-refractivity contribution in [1.29, 1.82) is 0 Å². The molecule has 1 fully saturated rings. The highest BCUT2D eigenvalue weighted by Crippen LogP contribution is 2.19. The van der Waals surface area contributed by atoms with Crippen LogP contribution in [0.25, 0.3) is 0 Å². The van der Waals surface area contributed by atoms with E-state index in [2.05, 4.69) is 0 Å². The van der Waals surface area contributed by atoms with E-state index in [-0.39, 0.29) is 0 Å². The van der Waals surface area contributed by atoms with Crippen LogP contribution in [0, 0.1) is 0 Å². The lowest BCUT2D eigenvalue weighted by Crippen LogP contribution is -1.99. The Labute approximate surface area is 114 Å². The highest BCUT2D eigenvalue weighted by molar-refractivity contribution is 7.80.